The van der Waals surface area contributed by atoms with Gasteiger partial charge in [0, 0.05) is 5.02 Å². The Labute approximate surface area is 173 Å². The van der Waals surface area contributed by atoms with Gasteiger partial charge < -0.3 is 10.6 Å². The minimum Gasteiger partial charge on any atom is -0.320 e. The number of aromatic amines is 1. The van der Waals surface area contributed by atoms with Crippen molar-refractivity contribution in [1.82, 2.24) is 25.3 Å². The molecule has 2 aromatic heterocycles. The number of nitriles is 1. The second kappa shape index (κ2) is 9.37. The molecule has 9 heteroatoms. The molecule has 1 aromatic carbocycles. The van der Waals surface area contributed by atoms with Crippen molar-refractivity contribution in [3.05, 3.63) is 58.0 Å². The standard InChI is InChI=1S/C20H22ClN7O/c1-3-18-16(12-24-28(18)14-7-4-6-13(21)10-14)20(29)25-19-15(11-22)17(26-27-19)8-5-9-23-2/h4,6-7,10,12,23H,3,5,8-9H2,1-2H3,(H2,25,26,27,29). The van der Waals surface area contributed by atoms with Gasteiger partial charge in [0.1, 0.15) is 11.6 Å². The Morgan fingerprint density at radius 3 is 2.93 bits per heavy atom. The second-order valence-electron chi connectivity index (χ2n) is 6.45. The van der Waals surface area contributed by atoms with Crippen molar-refractivity contribution in [2.24, 2.45) is 0 Å². The predicted octanol–water partition coefficient (Wildman–Crippen LogP) is 3.09. The van der Waals surface area contributed by atoms with Gasteiger partial charge in [0.2, 0.25) is 0 Å². The minimum atomic E-state index is -0.361. The molecule has 1 amide bonds. The number of benzene rings is 1. The van der Waals surface area contributed by atoms with Crippen LogP contribution in [-0.4, -0.2) is 39.5 Å². The highest BCUT2D eigenvalue weighted by molar-refractivity contribution is 6.30. The fraction of sp³-hybridized carbons (Fsp3) is 0.300. The summed E-state index contributed by atoms with van der Waals surface area (Å²) in [7, 11) is 1.87. The average molecular weight is 412 g/mol. The Bertz CT molecular complexity index is 1050. The van der Waals surface area contributed by atoms with Crippen molar-refractivity contribution in [2.45, 2.75) is 26.2 Å². The molecule has 0 atom stereocenters. The fourth-order valence-corrected chi connectivity index (χ4v) is 3.31. The molecule has 3 N–H and O–H groups in total. The SMILES string of the molecule is CCc1c(C(=O)Nc2n[nH]c(CCCNC)c2C#N)cnn1-c1cccc(Cl)c1. The summed E-state index contributed by atoms with van der Waals surface area (Å²) in [6, 6.07) is 9.40. The van der Waals surface area contributed by atoms with Crippen LogP contribution < -0.4 is 10.6 Å². The second-order valence-corrected chi connectivity index (χ2v) is 6.89. The summed E-state index contributed by atoms with van der Waals surface area (Å²) < 4.78 is 1.69. The fourth-order valence-electron chi connectivity index (χ4n) is 3.12. The van der Waals surface area contributed by atoms with Crippen molar-refractivity contribution >= 4 is 23.3 Å². The molecule has 0 unspecified atom stereocenters. The lowest BCUT2D eigenvalue weighted by molar-refractivity contribution is 0.102. The molecule has 2 heterocycles. The van der Waals surface area contributed by atoms with E-state index in [0.29, 0.717) is 34.7 Å². The molecule has 3 rings (SSSR count). The number of aromatic nitrogens is 4. The Hall–Kier alpha value is -3.15. The molecule has 0 aliphatic heterocycles. The lowest BCUT2D eigenvalue weighted by Gasteiger charge is -2.08. The highest BCUT2D eigenvalue weighted by atomic mass is 35.5. The van der Waals surface area contributed by atoms with Crippen LogP contribution in [0.1, 0.15) is 40.7 Å². The van der Waals surface area contributed by atoms with Crippen LogP contribution in [0.3, 0.4) is 0 Å². The lowest BCUT2D eigenvalue weighted by atomic mass is 10.1. The Morgan fingerprint density at radius 2 is 2.24 bits per heavy atom. The molecule has 0 spiro atoms. The van der Waals surface area contributed by atoms with E-state index in [0.717, 1.165) is 24.3 Å². The third kappa shape index (κ3) is 4.47. The van der Waals surface area contributed by atoms with Gasteiger partial charge in [-0.05, 0) is 51.1 Å². The molecular formula is C20H22ClN7O. The van der Waals surface area contributed by atoms with Crippen LogP contribution in [0.5, 0.6) is 0 Å². The van der Waals surface area contributed by atoms with Crippen molar-refractivity contribution in [1.29, 1.82) is 5.26 Å². The molecule has 0 aliphatic carbocycles. The smallest absolute Gasteiger partial charge is 0.260 e. The molecular weight excluding hydrogens is 390 g/mol. The van der Waals surface area contributed by atoms with Gasteiger partial charge in [-0.1, -0.05) is 24.6 Å². The largest absolute Gasteiger partial charge is 0.320 e. The van der Waals surface area contributed by atoms with Gasteiger partial charge in [-0.3, -0.25) is 9.89 Å². The summed E-state index contributed by atoms with van der Waals surface area (Å²) in [5.41, 5.74) is 3.01. The van der Waals surface area contributed by atoms with Crippen LogP contribution in [0.25, 0.3) is 5.69 Å². The lowest BCUT2D eigenvalue weighted by Crippen LogP contribution is -2.15. The van der Waals surface area contributed by atoms with Gasteiger partial charge in [-0.2, -0.15) is 15.5 Å². The molecule has 0 radical (unpaired) electrons. The molecule has 29 heavy (non-hydrogen) atoms. The van der Waals surface area contributed by atoms with Crippen LogP contribution in [0.15, 0.2) is 30.5 Å². The van der Waals surface area contributed by atoms with E-state index in [1.165, 1.54) is 6.20 Å². The molecule has 0 saturated carbocycles. The minimum absolute atomic E-state index is 0.231. The zero-order chi connectivity index (χ0) is 20.8. The maximum absolute atomic E-state index is 12.9. The quantitative estimate of drug-likeness (QED) is 0.493. The topological polar surface area (TPSA) is 111 Å². The van der Waals surface area contributed by atoms with E-state index in [1.807, 2.05) is 26.1 Å². The zero-order valence-corrected chi connectivity index (χ0v) is 17.0. The molecule has 0 aliphatic rings. The molecule has 0 fully saturated rings. The summed E-state index contributed by atoms with van der Waals surface area (Å²) in [6.07, 6.45) is 3.63. The number of anilines is 1. The highest BCUT2D eigenvalue weighted by Gasteiger charge is 2.21. The van der Waals surface area contributed by atoms with E-state index >= 15 is 0 Å². The Kier molecular flexibility index (Phi) is 6.65. The van der Waals surface area contributed by atoms with Gasteiger partial charge in [0.15, 0.2) is 5.82 Å². The zero-order valence-electron chi connectivity index (χ0n) is 16.3. The third-order valence-corrected chi connectivity index (χ3v) is 4.77. The van der Waals surface area contributed by atoms with Crippen molar-refractivity contribution in [3.8, 4) is 11.8 Å². The molecule has 3 aromatic rings. The van der Waals surface area contributed by atoms with E-state index in [4.69, 9.17) is 11.6 Å². The number of H-pyrrole nitrogens is 1. The molecule has 0 saturated heterocycles. The Balaban J connectivity index is 1.84. The molecule has 150 valence electrons. The monoisotopic (exact) mass is 411 g/mol. The highest BCUT2D eigenvalue weighted by Crippen LogP contribution is 2.21. The average Bonchev–Trinajstić information content (AvgIpc) is 3.31. The summed E-state index contributed by atoms with van der Waals surface area (Å²) in [6.45, 7) is 2.78. The first-order chi connectivity index (χ1) is 14.1. The van der Waals surface area contributed by atoms with Crippen molar-refractivity contribution in [3.63, 3.8) is 0 Å². The van der Waals surface area contributed by atoms with E-state index in [2.05, 4.69) is 32.0 Å². The van der Waals surface area contributed by atoms with E-state index in [9.17, 15) is 10.1 Å². The van der Waals surface area contributed by atoms with Crippen LogP contribution in [-0.2, 0) is 12.8 Å². The number of amides is 1. The number of carbonyl (C=O) groups excluding carboxylic acids is 1. The number of rotatable bonds is 8. The number of hydrogen-bond donors (Lipinski definition) is 3. The maximum Gasteiger partial charge on any atom is 0.260 e. The van der Waals surface area contributed by atoms with Crippen LogP contribution >= 0.6 is 11.6 Å². The maximum atomic E-state index is 12.9. The number of carbonyl (C=O) groups is 1. The van der Waals surface area contributed by atoms with Crippen LogP contribution in [0.2, 0.25) is 5.02 Å². The number of aryl methyl sites for hydroxylation is 1. The van der Waals surface area contributed by atoms with Crippen LogP contribution in [0, 0.1) is 11.3 Å². The first-order valence-electron chi connectivity index (χ1n) is 9.35. The van der Waals surface area contributed by atoms with E-state index in [-0.39, 0.29) is 11.7 Å². The first kappa shape index (κ1) is 20.6. The van der Waals surface area contributed by atoms with Gasteiger partial charge in [0.25, 0.3) is 5.91 Å². The van der Waals surface area contributed by atoms with Crippen LogP contribution in [0.4, 0.5) is 5.82 Å². The third-order valence-electron chi connectivity index (χ3n) is 4.54. The first-order valence-corrected chi connectivity index (χ1v) is 9.73. The summed E-state index contributed by atoms with van der Waals surface area (Å²) in [5.74, 6) is -0.130. The van der Waals surface area contributed by atoms with E-state index in [1.54, 1.807) is 16.8 Å². The van der Waals surface area contributed by atoms with Gasteiger partial charge in [-0.25, -0.2) is 4.68 Å². The van der Waals surface area contributed by atoms with Crippen molar-refractivity contribution < 1.29 is 4.79 Å². The normalized spacial score (nSPS) is 10.7. The summed E-state index contributed by atoms with van der Waals surface area (Å²) >= 11 is 6.08. The molecule has 8 nitrogen and oxygen atoms in total. The van der Waals surface area contributed by atoms with Crippen molar-refractivity contribution in [2.75, 3.05) is 18.9 Å². The number of nitrogens with one attached hydrogen (secondary N) is 3. The number of halogens is 1. The van der Waals surface area contributed by atoms with Gasteiger partial charge in [0.05, 0.1) is 28.8 Å². The number of hydrogen-bond acceptors (Lipinski definition) is 5. The summed E-state index contributed by atoms with van der Waals surface area (Å²) in [4.78, 5) is 12.9. The van der Waals surface area contributed by atoms with Gasteiger partial charge >= 0.3 is 0 Å². The van der Waals surface area contributed by atoms with Gasteiger partial charge in [-0.15, -0.1) is 0 Å². The number of nitrogens with zero attached hydrogens (tertiary/aromatic N) is 4. The molecule has 0 bridgehead atoms. The summed E-state index contributed by atoms with van der Waals surface area (Å²) in [5, 5.41) is 27.2. The Morgan fingerprint density at radius 1 is 1.41 bits per heavy atom. The van der Waals surface area contributed by atoms with E-state index < -0.39 is 0 Å². The predicted molar refractivity (Wildman–Crippen MR) is 111 cm³/mol.